The number of anilines is 1. The van der Waals surface area contributed by atoms with Crippen molar-refractivity contribution in [2.45, 2.75) is 13.0 Å². The molecule has 0 saturated carbocycles. The van der Waals surface area contributed by atoms with Crippen LogP contribution in [-0.2, 0) is 0 Å². The van der Waals surface area contributed by atoms with Gasteiger partial charge < -0.3 is 10.3 Å². The van der Waals surface area contributed by atoms with Crippen molar-refractivity contribution in [3.8, 4) is 0 Å². The first-order chi connectivity index (χ1) is 9.56. The summed E-state index contributed by atoms with van der Waals surface area (Å²) in [7, 11) is 0. The van der Waals surface area contributed by atoms with Gasteiger partial charge >= 0.3 is 0 Å². The van der Waals surface area contributed by atoms with Crippen molar-refractivity contribution < 1.29 is 4.39 Å². The van der Waals surface area contributed by atoms with Crippen LogP contribution >= 0.6 is 15.9 Å². The molecule has 0 spiro atoms. The van der Waals surface area contributed by atoms with Crippen molar-refractivity contribution in [3.63, 3.8) is 0 Å². The van der Waals surface area contributed by atoms with Crippen molar-refractivity contribution in [3.05, 3.63) is 58.3 Å². The first-order valence-electron chi connectivity index (χ1n) is 6.24. The summed E-state index contributed by atoms with van der Waals surface area (Å²) in [4.78, 5) is 4.35. The highest BCUT2D eigenvalue weighted by Gasteiger charge is 2.16. The van der Waals surface area contributed by atoms with Gasteiger partial charge in [0.2, 0.25) is 5.95 Å². The van der Waals surface area contributed by atoms with Crippen molar-refractivity contribution in [2.75, 3.05) is 5.73 Å². The maximum atomic E-state index is 13.4. The lowest BCUT2D eigenvalue weighted by atomic mass is 10.1. The monoisotopic (exact) mass is 333 g/mol. The topological polar surface area (TPSA) is 43.8 Å². The smallest absolute Gasteiger partial charge is 0.201 e. The second kappa shape index (κ2) is 4.90. The zero-order chi connectivity index (χ0) is 14.3. The van der Waals surface area contributed by atoms with Crippen LogP contribution in [0.3, 0.4) is 0 Å². The molecule has 0 saturated heterocycles. The van der Waals surface area contributed by atoms with Crippen LogP contribution in [0.15, 0.2) is 46.9 Å². The third-order valence-corrected chi connectivity index (χ3v) is 3.89. The van der Waals surface area contributed by atoms with Crippen LogP contribution in [0.25, 0.3) is 11.0 Å². The molecule has 1 heterocycles. The molecular weight excluding hydrogens is 321 g/mol. The number of imidazole rings is 1. The number of nitrogen functional groups attached to an aromatic ring is 1. The van der Waals surface area contributed by atoms with Gasteiger partial charge in [-0.05, 0) is 42.8 Å². The molecule has 0 fully saturated rings. The molecule has 102 valence electrons. The third-order valence-electron chi connectivity index (χ3n) is 3.40. The largest absolute Gasteiger partial charge is 0.369 e. The normalized spacial score (nSPS) is 12.8. The van der Waals surface area contributed by atoms with E-state index >= 15 is 0 Å². The van der Waals surface area contributed by atoms with Crippen LogP contribution < -0.4 is 5.73 Å². The molecular formula is C15H13BrFN3. The van der Waals surface area contributed by atoms with Crippen LogP contribution in [-0.4, -0.2) is 9.55 Å². The summed E-state index contributed by atoms with van der Waals surface area (Å²) in [6, 6.07) is 12.2. The number of fused-ring (bicyclic) bond motifs is 1. The Morgan fingerprint density at radius 1 is 1.25 bits per heavy atom. The summed E-state index contributed by atoms with van der Waals surface area (Å²) in [5.74, 6) is 0.174. The standard InChI is InChI=1S/C15H13BrFN3/c1-9(10-3-2-4-12(17)7-10)20-14-8-11(16)5-6-13(14)19-15(20)18/h2-9H,1H3,(H2,18,19). The lowest BCUT2D eigenvalue weighted by Crippen LogP contribution is -2.10. The third kappa shape index (κ3) is 2.18. The fourth-order valence-corrected chi connectivity index (χ4v) is 2.76. The van der Waals surface area contributed by atoms with Crippen molar-refractivity contribution in [1.29, 1.82) is 0 Å². The van der Waals surface area contributed by atoms with E-state index in [2.05, 4.69) is 20.9 Å². The predicted octanol–water partition coefficient (Wildman–Crippen LogP) is 4.13. The van der Waals surface area contributed by atoms with E-state index in [0.29, 0.717) is 5.95 Å². The quantitative estimate of drug-likeness (QED) is 0.766. The van der Waals surface area contributed by atoms with Gasteiger partial charge in [-0.15, -0.1) is 0 Å². The minimum atomic E-state index is -0.251. The van der Waals surface area contributed by atoms with Crippen molar-refractivity contribution in [2.24, 2.45) is 0 Å². The minimum absolute atomic E-state index is 0.0926. The van der Waals surface area contributed by atoms with Crippen molar-refractivity contribution in [1.82, 2.24) is 9.55 Å². The molecule has 1 unspecified atom stereocenters. The summed E-state index contributed by atoms with van der Waals surface area (Å²) in [6.45, 7) is 1.98. The van der Waals surface area contributed by atoms with E-state index in [1.54, 1.807) is 6.07 Å². The van der Waals surface area contributed by atoms with E-state index in [1.165, 1.54) is 12.1 Å². The number of nitrogens with zero attached hydrogens (tertiary/aromatic N) is 2. The number of hydrogen-bond acceptors (Lipinski definition) is 2. The lowest BCUT2D eigenvalue weighted by Gasteiger charge is -2.16. The van der Waals surface area contributed by atoms with E-state index < -0.39 is 0 Å². The van der Waals surface area contributed by atoms with E-state index in [4.69, 9.17) is 5.73 Å². The highest BCUT2D eigenvalue weighted by atomic mass is 79.9. The van der Waals surface area contributed by atoms with E-state index in [9.17, 15) is 4.39 Å². The maximum Gasteiger partial charge on any atom is 0.201 e. The average molecular weight is 334 g/mol. The molecule has 0 aliphatic heterocycles. The summed E-state index contributed by atoms with van der Waals surface area (Å²) >= 11 is 3.45. The summed E-state index contributed by atoms with van der Waals surface area (Å²) < 4.78 is 16.3. The van der Waals surface area contributed by atoms with Gasteiger partial charge in [-0.2, -0.15) is 0 Å². The Morgan fingerprint density at radius 3 is 2.80 bits per heavy atom. The molecule has 3 rings (SSSR count). The lowest BCUT2D eigenvalue weighted by molar-refractivity contribution is 0.612. The van der Waals surface area contributed by atoms with Gasteiger partial charge in [0.05, 0.1) is 17.1 Å². The Balaban J connectivity index is 2.18. The molecule has 1 atom stereocenters. The van der Waals surface area contributed by atoms with Crippen LogP contribution in [0.1, 0.15) is 18.5 Å². The van der Waals surface area contributed by atoms with E-state index in [1.807, 2.05) is 35.8 Å². The molecule has 0 radical (unpaired) electrons. The minimum Gasteiger partial charge on any atom is -0.369 e. The molecule has 0 bridgehead atoms. The summed E-state index contributed by atoms with van der Waals surface area (Å²) in [5.41, 5.74) is 8.63. The van der Waals surface area contributed by atoms with Gasteiger partial charge in [0.25, 0.3) is 0 Å². The number of rotatable bonds is 2. The number of nitrogens with two attached hydrogens (primary N) is 1. The average Bonchev–Trinajstić information content (AvgIpc) is 2.73. The highest BCUT2D eigenvalue weighted by Crippen LogP contribution is 2.29. The highest BCUT2D eigenvalue weighted by molar-refractivity contribution is 9.10. The Hall–Kier alpha value is -1.88. The van der Waals surface area contributed by atoms with Gasteiger partial charge in [0.1, 0.15) is 5.82 Å². The van der Waals surface area contributed by atoms with E-state index in [0.717, 1.165) is 21.1 Å². The molecule has 3 nitrogen and oxygen atoms in total. The first-order valence-corrected chi connectivity index (χ1v) is 7.04. The van der Waals surface area contributed by atoms with Crippen LogP contribution in [0.2, 0.25) is 0 Å². The molecule has 0 aliphatic carbocycles. The molecule has 20 heavy (non-hydrogen) atoms. The number of hydrogen-bond donors (Lipinski definition) is 1. The number of aromatic nitrogens is 2. The number of benzene rings is 2. The van der Waals surface area contributed by atoms with Gasteiger partial charge in [0, 0.05) is 4.47 Å². The SMILES string of the molecule is CC(c1cccc(F)c1)n1c(N)nc2ccc(Br)cc21. The molecule has 5 heteroatoms. The zero-order valence-electron chi connectivity index (χ0n) is 10.8. The molecule has 1 aromatic heterocycles. The second-order valence-electron chi connectivity index (χ2n) is 4.70. The van der Waals surface area contributed by atoms with Crippen LogP contribution in [0, 0.1) is 5.82 Å². The Bertz CT molecular complexity index is 782. The van der Waals surface area contributed by atoms with Crippen molar-refractivity contribution >= 4 is 32.9 Å². The molecule has 0 amide bonds. The maximum absolute atomic E-state index is 13.4. The Labute approximate surface area is 124 Å². The van der Waals surface area contributed by atoms with Crippen LogP contribution in [0.4, 0.5) is 10.3 Å². The summed E-state index contributed by atoms with van der Waals surface area (Å²) in [5, 5.41) is 0. The second-order valence-corrected chi connectivity index (χ2v) is 5.62. The Morgan fingerprint density at radius 2 is 2.05 bits per heavy atom. The van der Waals surface area contributed by atoms with Gasteiger partial charge in [-0.1, -0.05) is 28.1 Å². The summed E-state index contributed by atoms with van der Waals surface area (Å²) in [6.07, 6.45) is 0. The zero-order valence-corrected chi connectivity index (χ0v) is 12.4. The first kappa shape index (κ1) is 13.1. The molecule has 2 aromatic carbocycles. The molecule has 0 aliphatic rings. The fraction of sp³-hybridized carbons (Fsp3) is 0.133. The van der Waals surface area contributed by atoms with E-state index in [-0.39, 0.29) is 11.9 Å². The number of halogens is 2. The van der Waals surface area contributed by atoms with Gasteiger partial charge in [0.15, 0.2) is 0 Å². The Kier molecular flexibility index (Phi) is 3.22. The van der Waals surface area contributed by atoms with Gasteiger partial charge in [-0.3, -0.25) is 0 Å². The fourth-order valence-electron chi connectivity index (χ4n) is 2.41. The predicted molar refractivity (Wildman–Crippen MR) is 82.1 cm³/mol. The van der Waals surface area contributed by atoms with Gasteiger partial charge in [-0.25, -0.2) is 9.37 Å². The van der Waals surface area contributed by atoms with Crippen LogP contribution in [0.5, 0.6) is 0 Å². The molecule has 2 N–H and O–H groups in total. The molecule has 3 aromatic rings.